The van der Waals surface area contributed by atoms with Crippen LogP contribution in [0.15, 0.2) is 12.1 Å². The van der Waals surface area contributed by atoms with Crippen molar-refractivity contribution in [2.45, 2.75) is 26.0 Å². The fourth-order valence-corrected chi connectivity index (χ4v) is 1.83. The summed E-state index contributed by atoms with van der Waals surface area (Å²) >= 11 is 0. The number of rotatable bonds is 2. The quantitative estimate of drug-likeness (QED) is 0.746. The van der Waals surface area contributed by atoms with E-state index >= 15 is 0 Å². The van der Waals surface area contributed by atoms with Gasteiger partial charge in [0.05, 0.1) is 0 Å². The van der Waals surface area contributed by atoms with Gasteiger partial charge in [0.1, 0.15) is 17.6 Å². The molecule has 0 radical (unpaired) electrons. The smallest absolute Gasteiger partial charge is 0.126 e. The fourth-order valence-electron chi connectivity index (χ4n) is 1.83. The van der Waals surface area contributed by atoms with Crippen LogP contribution in [-0.4, -0.2) is 18.3 Å². The molecule has 2 rings (SSSR count). The number of hydrogen-bond donors (Lipinski definition) is 2. The summed E-state index contributed by atoms with van der Waals surface area (Å²) in [6.45, 7) is 2.72. The lowest BCUT2D eigenvalue weighted by atomic mass is 10.1. The van der Waals surface area contributed by atoms with Crippen molar-refractivity contribution < 1.29 is 9.84 Å². The average Bonchev–Trinajstić information content (AvgIpc) is 2.45. The molecule has 1 heterocycles. The molecule has 1 atom stereocenters. The maximum Gasteiger partial charge on any atom is 0.126 e. The molecule has 3 nitrogen and oxygen atoms in total. The van der Waals surface area contributed by atoms with Crippen LogP contribution < -0.4 is 10.1 Å². The minimum absolute atomic E-state index is 0.231. The van der Waals surface area contributed by atoms with E-state index in [4.69, 9.17) is 4.74 Å². The summed E-state index contributed by atoms with van der Waals surface area (Å²) in [7, 11) is 1.87. The molecule has 3 heteroatoms. The molecule has 1 aromatic carbocycles. The molecule has 1 aliphatic rings. The molecular formula is C11H15NO2. The van der Waals surface area contributed by atoms with Gasteiger partial charge in [0.2, 0.25) is 0 Å². The Morgan fingerprint density at radius 1 is 1.57 bits per heavy atom. The largest absolute Gasteiger partial charge is 0.507 e. The number of phenols is 1. The Balaban J connectivity index is 2.35. The van der Waals surface area contributed by atoms with Crippen molar-refractivity contribution in [3.8, 4) is 11.5 Å². The second-order valence-corrected chi connectivity index (χ2v) is 3.75. The predicted molar refractivity (Wildman–Crippen MR) is 54.7 cm³/mol. The number of phenolic OH excluding ortho intramolecular Hbond substituents is 1. The Kier molecular flexibility index (Phi) is 2.33. The van der Waals surface area contributed by atoms with E-state index in [1.165, 1.54) is 5.56 Å². The van der Waals surface area contributed by atoms with Crippen LogP contribution in [0.25, 0.3) is 0 Å². The van der Waals surface area contributed by atoms with Crippen molar-refractivity contribution in [1.29, 1.82) is 0 Å². The highest BCUT2D eigenvalue weighted by Crippen LogP contribution is 2.34. The molecular weight excluding hydrogens is 178 g/mol. The topological polar surface area (TPSA) is 41.5 Å². The molecule has 0 aromatic heterocycles. The first-order valence-corrected chi connectivity index (χ1v) is 4.86. The van der Waals surface area contributed by atoms with Crippen molar-refractivity contribution in [3.05, 3.63) is 23.3 Å². The standard InChI is InChI=1S/C11H15NO2/c1-7-3-8-4-9(6-12-2)10(13)5-11(8)14-7/h4-5,7,12-13H,3,6H2,1-2H3. The van der Waals surface area contributed by atoms with Gasteiger partial charge in [-0.2, -0.15) is 0 Å². The van der Waals surface area contributed by atoms with Gasteiger partial charge in [0, 0.05) is 24.6 Å². The lowest BCUT2D eigenvalue weighted by molar-refractivity contribution is 0.254. The first-order valence-electron chi connectivity index (χ1n) is 4.86. The summed E-state index contributed by atoms with van der Waals surface area (Å²) in [6, 6.07) is 3.73. The Morgan fingerprint density at radius 2 is 2.36 bits per heavy atom. The monoisotopic (exact) mass is 193 g/mol. The van der Waals surface area contributed by atoms with E-state index in [2.05, 4.69) is 5.32 Å². The van der Waals surface area contributed by atoms with Crippen LogP contribution in [0.4, 0.5) is 0 Å². The summed E-state index contributed by atoms with van der Waals surface area (Å²) in [4.78, 5) is 0. The molecule has 0 saturated heterocycles. The summed E-state index contributed by atoms with van der Waals surface area (Å²) in [5.41, 5.74) is 2.13. The van der Waals surface area contributed by atoms with Crippen LogP contribution >= 0.6 is 0 Å². The summed E-state index contributed by atoms with van der Waals surface area (Å²) < 4.78 is 5.54. The van der Waals surface area contributed by atoms with Crippen molar-refractivity contribution in [2.24, 2.45) is 0 Å². The van der Waals surface area contributed by atoms with E-state index in [9.17, 15) is 5.11 Å². The van der Waals surface area contributed by atoms with Gasteiger partial charge in [0.15, 0.2) is 0 Å². The van der Waals surface area contributed by atoms with Gasteiger partial charge in [-0.3, -0.25) is 0 Å². The van der Waals surface area contributed by atoms with Gasteiger partial charge < -0.3 is 15.2 Å². The zero-order valence-electron chi connectivity index (χ0n) is 8.50. The third-order valence-corrected chi connectivity index (χ3v) is 2.46. The highest BCUT2D eigenvalue weighted by molar-refractivity contribution is 5.48. The van der Waals surface area contributed by atoms with E-state index in [0.717, 1.165) is 17.7 Å². The second-order valence-electron chi connectivity index (χ2n) is 3.75. The van der Waals surface area contributed by atoms with Crippen molar-refractivity contribution in [3.63, 3.8) is 0 Å². The van der Waals surface area contributed by atoms with E-state index < -0.39 is 0 Å². The van der Waals surface area contributed by atoms with Gasteiger partial charge in [-0.05, 0) is 25.6 Å². The SMILES string of the molecule is CNCc1cc2c(cc1O)OC(C)C2. The van der Waals surface area contributed by atoms with Crippen LogP contribution in [0.2, 0.25) is 0 Å². The summed E-state index contributed by atoms with van der Waals surface area (Å²) in [5, 5.41) is 12.7. The van der Waals surface area contributed by atoms with Crippen LogP contribution in [0.1, 0.15) is 18.1 Å². The van der Waals surface area contributed by atoms with E-state index in [1.807, 2.05) is 20.0 Å². The molecule has 0 fully saturated rings. The van der Waals surface area contributed by atoms with Crippen LogP contribution in [0, 0.1) is 0 Å². The Morgan fingerprint density at radius 3 is 3.07 bits per heavy atom. The maximum absolute atomic E-state index is 9.67. The first kappa shape index (κ1) is 9.34. The highest BCUT2D eigenvalue weighted by Gasteiger charge is 2.20. The minimum atomic E-state index is 0.231. The molecule has 76 valence electrons. The van der Waals surface area contributed by atoms with Crippen LogP contribution in [0.3, 0.4) is 0 Å². The van der Waals surface area contributed by atoms with Gasteiger partial charge >= 0.3 is 0 Å². The fraction of sp³-hybridized carbons (Fsp3) is 0.455. The zero-order chi connectivity index (χ0) is 10.1. The lowest BCUT2D eigenvalue weighted by Gasteiger charge is -2.06. The molecule has 0 saturated carbocycles. The highest BCUT2D eigenvalue weighted by atomic mass is 16.5. The van der Waals surface area contributed by atoms with E-state index in [-0.39, 0.29) is 6.10 Å². The maximum atomic E-state index is 9.67. The van der Waals surface area contributed by atoms with Crippen molar-refractivity contribution in [1.82, 2.24) is 5.32 Å². The summed E-state index contributed by atoms with van der Waals surface area (Å²) in [5.74, 6) is 1.14. The number of aromatic hydroxyl groups is 1. The predicted octanol–water partition coefficient (Wildman–Crippen LogP) is 1.43. The zero-order valence-corrected chi connectivity index (χ0v) is 8.50. The van der Waals surface area contributed by atoms with Gasteiger partial charge in [0.25, 0.3) is 0 Å². The molecule has 1 aliphatic heterocycles. The van der Waals surface area contributed by atoms with Crippen LogP contribution in [0.5, 0.6) is 11.5 Å². The van der Waals surface area contributed by atoms with Gasteiger partial charge in [-0.1, -0.05) is 0 Å². The van der Waals surface area contributed by atoms with Crippen molar-refractivity contribution >= 4 is 0 Å². The second kappa shape index (κ2) is 3.50. The Hall–Kier alpha value is -1.22. The van der Waals surface area contributed by atoms with Gasteiger partial charge in [-0.25, -0.2) is 0 Å². The number of benzene rings is 1. The molecule has 0 aliphatic carbocycles. The normalized spacial score (nSPS) is 19.1. The third kappa shape index (κ3) is 1.55. The Bertz CT molecular complexity index is 349. The molecule has 2 N–H and O–H groups in total. The molecule has 0 spiro atoms. The molecule has 1 unspecified atom stereocenters. The average molecular weight is 193 g/mol. The number of ether oxygens (including phenoxy) is 1. The molecule has 0 bridgehead atoms. The minimum Gasteiger partial charge on any atom is -0.507 e. The molecule has 1 aromatic rings. The van der Waals surface area contributed by atoms with Crippen molar-refractivity contribution in [2.75, 3.05) is 7.05 Å². The number of hydrogen-bond acceptors (Lipinski definition) is 3. The first-order chi connectivity index (χ1) is 6.70. The lowest BCUT2D eigenvalue weighted by Crippen LogP contribution is -2.05. The third-order valence-electron chi connectivity index (χ3n) is 2.46. The van der Waals surface area contributed by atoms with Crippen LogP contribution in [-0.2, 0) is 13.0 Å². The van der Waals surface area contributed by atoms with E-state index in [1.54, 1.807) is 6.07 Å². The van der Waals surface area contributed by atoms with Gasteiger partial charge in [-0.15, -0.1) is 0 Å². The molecule has 0 amide bonds. The van der Waals surface area contributed by atoms with E-state index in [0.29, 0.717) is 12.3 Å². The number of nitrogens with one attached hydrogen (secondary N) is 1. The molecule has 14 heavy (non-hydrogen) atoms. The number of fused-ring (bicyclic) bond motifs is 1. The Labute approximate surface area is 83.7 Å². The summed E-state index contributed by atoms with van der Waals surface area (Å²) in [6.07, 6.45) is 1.17.